The molecule has 0 saturated carbocycles. The molecule has 25 heavy (non-hydrogen) atoms. The Morgan fingerprint density at radius 3 is 2.80 bits per heavy atom. The van der Waals surface area contributed by atoms with Crippen LogP contribution in [0.4, 0.5) is 13.2 Å². The molecule has 1 amide bonds. The molecular formula is C15H22ClF3N4OS. The van der Waals surface area contributed by atoms with Gasteiger partial charge in [0.05, 0.1) is 16.4 Å². The van der Waals surface area contributed by atoms with E-state index in [2.05, 4.69) is 10.3 Å². The smallest absolute Gasteiger partial charge is 0.336 e. The zero-order valence-corrected chi connectivity index (χ0v) is 15.6. The lowest BCUT2D eigenvalue weighted by Crippen LogP contribution is -2.56. The Morgan fingerprint density at radius 2 is 2.12 bits per heavy atom. The van der Waals surface area contributed by atoms with E-state index in [9.17, 15) is 18.0 Å². The molecule has 0 aliphatic carbocycles. The summed E-state index contributed by atoms with van der Waals surface area (Å²) in [4.78, 5) is 19.9. The van der Waals surface area contributed by atoms with Crippen LogP contribution < -0.4 is 5.32 Å². The van der Waals surface area contributed by atoms with Crippen LogP contribution in [0.3, 0.4) is 0 Å². The Labute approximate surface area is 155 Å². The molecule has 2 aliphatic rings. The number of likely N-dealkylation sites (tertiary alicyclic amines) is 1. The van der Waals surface area contributed by atoms with Crippen LogP contribution in [0.1, 0.15) is 28.4 Å². The SMILES string of the molecule is Cc1nc(C(F)(F)F)c(CN2CCCC(N3CCNCC3=O)C2)s1.Cl. The summed E-state index contributed by atoms with van der Waals surface area (Å²) in [6, 6.07) is 0.0942. The summed E-state index contributed by atoms with van der Waals surface area (Å²) in [7, 11) is 0. The second-order valence-corrected chi connectivity index (χ2v) is 7.59. The largest absolute Gasteiger partial charge is 0.434 e. The molecule has 5 nitrogen and oxygen atoms in total. The third kappa shape index (κ3) is 4.84. The highest BCUT2D eigenvalue weighted by Gasteiger charge is 2.38. The number of carbonyl (C=O) groups is 1. The van der Waals surface area contributed by atoms with Crippen molar-refractivity contribution in [2.45, 2.75) is 38.5 Å². The Morgan fingerprint density at radius 1 is 1.36 bits per heavy atom. The number of piperazine rings is 1. The van der Waals surface area contributed by atoms with Gasteiger partial charge in [0.2, 0.25) is 5.91 Å². The van der Waals surface area contributed by atoms with Gasteiger partial charge in [-0.25, -0.2) is 4.98 Å². The standard InChI is InChI=1S/C15H21F3N4OS.ClH/c1-10-20-14(15(16,17)18)12(24-10)9-21-5-2-3-11(8-21)22-6-4-19-7-13(22)23;/h11,19H,2-9H2,1H3;1H. The lowest BCUT2D eigenvalue weighted by molar-refractivity contribution is -0.141. The number of nitrogens with one attached hydrogen (secondary N) is 1. The van der Waals surface area contributed by atoms with E-state index in [0.717, 1.165) is 37.3 Å². The third-order valence-electron chi connectivity index (χ3n) is 4.49. The highest BCUT2D eigenvalue weighted by atomic mass is 35.5. The highest BCUT2D eigenvalue weighted by molar-refractivity contribution is 7.11. The first-order chi connectivity index (χ1) is 11.3. The normalized spacial score (nSPS) is 22.8. The molecule has 10 heteroatoms. The van der Waals surface area contributed by atoms with E-state index in [-0.39, 0.29) is 35.8 Å². The molecule has 1 aromatic rings. The second-order valence-electron chi connectivity index (χ2n) is 6.30. The van der Waals surface area contributed by atoms with Crippen molar-refractivity contribution < 1.29 is 18.0 Å². The van der Waals surface area contributed by atoms with E-state index in [1.54, 1.807) is 6.92 Å². The molecule has 2 saturated heterocycles. The Kier molecular flexibility index (Phi) is 6.69. The zero-order valence-electron chi connectivity index (χ0n) is 13.9. The minimum absolute atomic E-state index is 0. The Balaban J connectivity index is 0.00000225. The van der Waals surface area contributed by atoms with Crippen molar-refractivity contribution in [2.75, 3.05) is 32.7 Å². The summed E-state index contributed by atoms with van der Waals surface area (Å²) in [6.45, 7) is 5.02. The van der Waals surface area contributed by atoms with Crippen molar-refractivity contribution in [3.63, 3.8) is 0 Å². The Hall–Kier alpha value is -0.900. The lowest BCUT2D eigenvalue weighted by Gasteiger charge is -2.41. The maximum absolute atomic E-state index is 13.1. The number of amides is 1. The highest BCUT2D eigenvalue weighted by Crippen LogP contribution is 2.35. The third-order valence-corrected chi connectivity index (χ3v) is 5.44. The van der Waals surface area contributed by atoms with Gasteiger partial charge in [-0.1, -0.05) is 0 Å². The van der Waals surface area contributed by atoms with Gasteiger partial charge in [0.15, 0.2) is 5.69 Å². The molecule has 0 radical (unpaired) electrons. The molecule has 142 valence electrons. The van der Waals surface area contributed by atoms with Crippen molar-refractivity contribution in [3.8, 4) is 0 Å². The van der Waals surface area contributed by atoms with Crippen molar-refractivity contribution >= 4 is 29.7 Å². The fraction of sp³-hybridized carbons (Fsp3) is 0.733. The summed E-state index contributed by atoms with van der Waals surface area (Å²) in [5, 5.41) is 3.48. The molecule has 2 aliphatic heterocycles. The number of hydrogen-bond acceptors (Lipinski definition) is 5. The fourth-order valence-electron chi connectivity index (χ4n) is 3.44. The lowest BCUT2D eigenvalue weighted by atomic mass is 10.0. The molecule has 0 bridgehead atoms. The van der Waals surface area contributed by atoms with Gasteiger partial charge in [-0.2, -0.15) is 13.2 Å². The molecule has 1 atom stereocenters. The van der Waals surface area contributed by atoms with Crippen molar-refractivity contribution in [1.29, 1.82) is 0 Å². The molecule has 1 N–H and O–H groups in total. The van der Waals surface area contributed by atoms with Gasteiger partial charge in [-0.15, -0.1) is 23.7 Å². The summed E-state index contributed by atoms with van der Waals surface area (Å²) in [6.07, 6.45) is -2.61. The van der Waals surface area contributed by atoms with Crippen LogP contribution >= 0.6 is 23.7 Å². The van der Waals surface area contributed by atoms with E-state index in [1.165, 1.54) is 0 Å². The average Bonchev–Trinajstić information content (AvgIpc) is 2.89. The predicted molar refractivity (Wildman–Crippen MR) is 92.0 cm³/mol. The molecule has 0 aromatic carbocycles. The van der Waals surface area contributed by atoms with Crippen LogP contribution in [0, 0.1) is 6.92 Å². The first kappa shape index (κ1) is 20.4. The molecular weight excluding hydrogens is 377 g/mol. The van der Waals surface area contributed by atoms with Crippen LogP contribution in [-0.2, 0) is 17.5 Å². The maximum atomic E-state index is 13.1. The molecule has 2 fully saturated rings. The number of halogens is 4. The number of alkyl halides is 3. The summed E-state index contributed by atoms with van der Waals surface area (Å²) in [5.74, 6) is 0.0812. The van der Waals surface area contributed by atoms with E-state index in [4.69, 9.17) is 0 Å². The summed E-state index contributed by atoms with van der Waals surface area (Å²) in [5.41, 5.74) is -0.759. The number of aromatic nitrogens is 1. The average molecular weight is 399 g/mol. The van der Waals surface area contributed by atoms with E-state index >= 15 is 0 Å². The zero-order chi connectivity index (χ0) is 17.3. The van der Waals surface area contributed by atoms with Gasteiger partial charge in [0.1, 0.15) is 0 Å². The quantitative estimate of drug-likeness (QED) is 0.848. The van der Waals surface area contributed by atoms with Crippen LogP contribution in [0.15, 0.2) is 0 Å². The van der Waals surface area contributed by atoms with E-state index in [0.29, 0.717) is 24.6 Å². The van der Waals surface area contributed by atoms with Crippen LogP contribution in [0.2, 0.25) is 0 Å². The van der Waals surface area contributed by atoms with E-state index in [1.807, 2.05) is 9.80 Å². The van der Waals surface area contributed by atoms with Gasteiger partial charge in [-0.3, -0.25) is 9.69 Å². The Bertz CT molecular complexity index is 610. The molecule has 1 aromatic heterocycles. The predicted octanol–water partition coefficient (Wildman–Crippen LogP) is 2.29. The minimum atomic E-state index is -4.41. The van der Waals surface area contributed by atoms with Crippen molar-refractivity contribution in [2.24, 2.45) is 0 Å². The monoisotopic (exact) mass is 398 g/mol. The number of thiazole rings is 1. The van der Waals surface area contributed by atoms with Gasteiger partial charge in [-0.05, 0) is 26.3 Å². The van der Waals surface area contributed by atoms with Gasteiger partial charge >= 0.3 is 6.18 Å². The summed E-state index contributed by atoms with van der Waals surface area (Å²) < 4.78 is 39.3. The summed E-state index contributed by atoms with van der Waals surface area (Å²) >= 11 is 1.11. The van der Waals surface area contributed by atoms with Crippen molar-refractivity contribution in [3.05, 3.63) is 15.6 Å². The maximum Gasteiger partial charge on any atom is 0.434 e. The van der Waals surface area contributed by atoms with E-state index < -0.39 is 11.9 Å². The number of rotatable bonds is 3. The van der Waals surface area contributed by atoms with Gasteiger partial charge < -0.3 is 10.2 Å². The fourth-order valence-corrected chi connectivity index (χ4v) is 4.44. The van der Waals surface area contributed by atoms with Gasteiger partial charge in [0, 0.05) is 32.2 Å². The van der Waals surface area contributed by atoms with Crippen LogP contribution in [0.25, 0.3) is 0 Å². The van der Waals surface area contributed by atoms with Crippen LogP contribution in [0.5, 0.6) is 0 Å². The van der Waals surface area contributed by atoms with Crippen LogP contribution in [-0.4, -0.2) is 59.5 Å². The molecule has 3 heterocycles. The number of aryl methyl sites for hydroxylation is 1. The van der Waals surface area contributed by atoms with Crippen molar-refractivity contribution in [1.82, 2.24) is 20.1 Å². The molecule has 3 rings (SSSR count). The molecule has 0 spiro atoms. The second kappa shape index (κ2) is 8.20. The number of piperidine rings is 1. The number of hydrogen-bond donors (Lipinski definition) is 1. The van der Waals surface area contributed by atoms with Gasteiger partial charge in [0.25, 0.3) is 0 Å². The number of nitrogens with zero attached hydrogens (tertiary/aromatic N) is 3. The topological polar surface area (TPSA) is 48.5 Å². The minimum Gasteiger partial charge on any atom is -0.336 e. The number of carbonyl (C=O) groups excluding carboxylic acids is 1. The molecule has 1 unspecified atom stereocenters. The first-order valence-corrected chi connectivity index (χ1v) is 8.92. The first-order valence-electron chi connectivity index (χ1n) is 8.10.